The van der Waals surface area contributed by atoms with E-state index in [-0.39, 0.29) is 0 Å². The molecule has 1 rings (SSSR count). The van der Waals surface area contributed by atoms with Gasteiger partial charge in [0.2, 0.25) is 0 Å². The van der Waals surface area contributed by atoms with E-state index in [2.05, 4.69) is 26.1 Å². The topological polar surface area (TPSA) is 12.0 Å². The average molecular weight is 211 g/mol. The van der Waals surface area contributed by atoms with Crippen molar-refractivity contribution in [2.24, 2.45) is 5.41 Å². The Morgan fingerprint density at radius 2 is 2.00 bits per heavy atom. The van der Waals surface area contributed by atoms with E-state index in [9.17, 15) is 0 Å². The molecule has 0 aromatic carbocycles. The lowest BCUT2D eigenvalue weighted by molar-refractivity contribution is 0.286. The molecule has 0 heterocycles. The van der Waals surface area contributed by atoms with Crippen LogP contribution in [0.1, 0.15) is 72.1 Å². The van der Waals surface area contributed by atoms with Crippen molar-refractivity contribution in [3.05, 3.63) is 0 Å². The van der Waals surface area contributed by atoms with Crippen LogP contribution in [0.5, 0.6) is 0 Å². The van der Waals surface area contributed by atoms with E-state index >= 15 is 0 Å². The molecule has 0 bridgehead atoms. The molecule has 0 aliphatic heterocycles. The smallest absolute Gasteiger partial charge is 0.00723 e. The summed E-state index contributed by atoms with van der Waals surface area (Å²) in [4.78, 5) is 0. The highest BCUT2D eigenvalue weighted by Gasteiger charge is 2.33. The zero-order chi connectivity index (χ0) is 11.1. The van der Waals surface area contributed by atoms with Crippen LogP contribution in [0.4, 0.5) is 0 Å². The molecule has 0 saturated heterocycles. The summed E-state index contributed by atoms with van der Waals surface area (Å²) in [6, 6.07) is 0.811. The molecular weight excluding hydrogens is 182 g/mol. The van der Waals surface area contributed by atoms with Gasteiger partial charge in [-0.1, -0.05) is 46.5 Å². The van der Waals surface area contributed by atoms with Crippen LogP contribution in [-0.4, -0.2) is 12.6 Å². The third-order valence-corrected chi connectivity index (χ3v) is 3.96. The van der Waals surface area contributed by atoms with Gasteiger partial charge >= 0.3 is 0 Å². The number of rotatable bonds is 7. The molecule has 1 aliphatic carbocycles. The summed E-state index contributed by atoms with van der Waals surface area (Å²) < 4.78 is 0. The van der Waals surface area contributed by atoms with E-state index in [1.165, 1.54) is 51.4 Å². The maximum Gasteiger partial charge on any atom is 0.00723 e. The van der Waals surface area contributed by atoms with Crippen LogP contribution in [-0.2, 0) is 0 Å². The lowest BCUT2D eigenvalue weighted by Gasteiger charge is -2.24. The van der Waals surface area contributed by atoms with Crippen LogP contribution in [0.3, 0.4) is 0 Å². The van der Waals surface area contributed by atoms with Gasteiger partial charge in [0, 0.05) is 6.04 Å². The van der Waals surface area contributed by atoms with Gasteiger partial charge in [0.15, 0.2) is 0 Å². The van der Waals surface area contributed by atoms with Gasteiger partial charge in [-0.25, -0.2) is 0 Å². The molecule has 2 atom stereocenters. The zero-order valence-electron chi connectivity index (χ0n) is 10.9. The quantitative estimate of drug-likeness (QED) is 0.624. The summed E-state index contributed by atoms with van der Waals surface area (Å²) in [5, 5.41) is 3.60. The number of unbranched alkanes of at least 4 members (excludes halogenated alkanes) is 3. The van der Waals surface area contributed by atoms with Gasteiger partial charge in [0.25, 0.3) is 0 Å². The largest absolute Gasteiger partial charge is 0.314 e. The predicted octanol–water partition coefficient (Wildman–Crippen LogP) is 4.13. The Morgan fingerprint density at radius 3 is 2.67 bits per heavy atom. The summed E-state index contributed by atoms with van der Waals surface area (Å²) in [7, 11) is 0. The molecule has 0 amide bonds. The molecule has 0 spiro atoms. The van der Waals surface area contributed by atoms with E-state index in [0.717, 1.165) is 12.6 Å². The first-order chi connectivity index (χ1) is 7.20. The normalized spacial score (nSPS) is 31.0. The highest BCUT2D eigenvalue weighted by molar-refractivity contribution is 4.88. The van der Waals surface area contributed by atoms with Crippen molar-refractivity contribution < 1.29 is 0 Å². The minimum atomic E-state index is 0.653. The second-order valence-corrected chi connectivity index (χ2v) is 5.62. The van der Waals surface area contributed by atoms with Gasteiger partial charge in [0.1, 0.15) is 0 Å². The molecule has 90 valence electrons. The molecule has 0 aromatic heterocycles. The summed E-state index contributed by atoms with van der Waals surface area (Å²) in [6.07, 6.45) is 11.4. The van der Waals surface area contributed by atoms with E-state index in [0.29, 0.717) is 5.41 Å². The molecule has 1 N–H and O–H groups in total. The van der Waals surface area contributed by atoms with Crippen LogP contribution in [0.15, 0.2) is 0 Å². The van der Waals surface area contributed by atoms with Crippen LogP contribution in [0.25, 0.3) is 0 Å². The second kappa shape index (κ2) is 6.52. The number of hydrogen-bond donors (Lipinski definition) is 1. The van der Waals surface area contributed by atoms with Crippen molar-refractivity contribution in [1.29, 1.82) is 0 Å². The molecular formula is C14H29N. The van der Waals surface area contributed by atoms with Crippen LogP contribution in [0.2, 0.25) is 0 Å². The lowest BCUT2D eigenvalue weighted by atomic mass is 9.83. The van der Waals surface area contributed by atoms with Crippen LogP contribution < -0.4 is 5.32 Å². The third-order valence-electron chi connectivity index (χ3n) is 3.96. The summed E-state index contributed by atoms with van der Waals surface area (Å²) in [5.41, 5.74) is 0.653. The van der Waals surface area contributed by atoms with E-state index in [4.69, 9.17) is 0 Å². The van der Waals surface area contributed by atoms with Crippen molar-refractivity contribution in [2.45, 2.75) is 78.2 Å². The van der Waals surface area contributed by atoms with Crippen molar-refractivity contribution in [2.75, 3.05) is 6.54 Å². The van der Waals surface area contributed by atoms with E-state index in [1.54, 1.807) is 0 Å². The predicted molar refractivity (Wildman–Crippen MR) is 68.2 cm³/mol. The Morgan fingerprint density at radius 1 is 1.20 bits per heavy atom. The molecule has 15 heavy (non-hydrogen) atoms. The first kappa shape index (κ1) is 13.0. The van der Waals surface area contributed by atoms with Gasteiger partial charge in [-0.15, -0.1) is 0 Å². The maximum atomic E-state index is 3.60. The van der Waals surface area contributed by atoms with Gasteiger partial charge < -0.3 is 5.32 Å². The minimum Gasteiger partial charge on any atom is -0.314 e. The fourth-order valence-electron chi connectivity index (χ4n) is 2.99. The van der Waals surface area contributed by atoms with Gasteiger partial charge in [-0.3, -0.25) is 0 Å². The van der Waals surface area contributed by atoms with Gasteiger partial charge in [-0.2, -0.15) is 0 Å². The zero-order valence-corrected chi connectivity index (χ0v) is 10.9. The minimum absolute atomic E-state index is 0.653. The lowest BCUT2D eigenvalue weighted by Crippen LogP contribution is -2.27. The van der Waals surface area contributed by atoms with E-state index < -0.39 is 0 Å². The molecule has 2 unspecified atom stereocenters. The Bertz CT molecular complexity index is 167. The van der Waals surface area contributed by atoms with Gasteiger partial charge in [-0.05, 0) is 37.6 Å². The summed E-state index contributed by atoms with van der Waals surface area (Å²) >= 11 is 0. The van der Waals surface area contributed by atoms with Crippen LogP contribution >= 0.6 is 0 Å². The first-order valence-electron chi connectivity index (χ1n) is 6.93. The molecule has 1 aliphatic rings. The highest BCUT2D eigenvalue weighted by Crippen LogP contribution is 2.41. The van der Waals surface area contributed by atoms with Crippen molar-refractivity contribution in [3.8, 4) is 0 Å². The number of hydrogen-bond acceptors (Lipinski definition) is 1. The third kappa shape index (κ3) is 4.55. The maximum absolute atomic E-state index is 3.60. The molecule has 1 fully saturated rings. The highest BCUT2D eigenvalue weighted by atomic mass is 14.9. The molecule has 1 heteroatoms. The monoisotopic (exact) mass is 211 g/mol. The standard InChI is InChI=1S/C14H29N/c1-4-6-7-8-10-14(3)11-9-13(12-14)15-5-2/h13,15H,4-12H2,1-3H3. The fourth-order valence-corrected chi connectivity index (χ4v) is 2.99. The number of nitrogens with one attached hydrogen (secondary N) is 1. The van der Waals surface area contributed by atoms with Crippen LogP contribution in [0, 0.1) is 5.41 Å². The molecule has 1 nitrogen and oxygen atoms in total. The van der Waals surface area contributed by atoms with Crippen molar-refractivity contribution in [3.63, 3.8) is 0 Å². The van der Waals surface area contributed by atoms with Crippen molar-refractivity contribution >= 4 is 0 Å². The Kier molecular flexibility index (Phi) is 5.66. The first-order valence-corrected chi connectivity index (χ1v) is 6.93. The Hall–Kier alpha value is -0.0400. The van der Waals surface area contributed by atoms with E-state index in [1.807, 2.05) is 0 Å². The van der Waals surface area contributed by atoms with Gasteiger partial charge in [0.05, 0.1) is 0 Å². The molecule has 0 radical (unpaired) electrons. The Balaban J connectivity index is 2.17. The Labute approximate surface area is 96.0 Å². The fraction of sp³-hybridized carbons (Fsp3) is 1.00. The molecule has 0 aromatic rings. The molecule has 1 saturated carbocycles. The summed E-state index contributed by atoms with van der Waals surface area (Å²) in [5.74, 6) is 0. The summed E-state index contributed by atoms with van der Waals surface area (Å²) in [6.45, 7) is 8.14. The average Bonchev–Trinajstić information content (AvgIpc) is 2.57. The van der Waals surface area contributed by atoms with Crippen molar-refractivity contribution in [1.82, 2.24) is 5.32 Å². The second-order valence-electron chi connectivity index (χ2n) is 5.62. The SMILES string of the molecule is CCCCCCC1(C)CCC(NCC)C1.